The fourth-order valence-electron chi connectivity index (χ4n) is 4.11. The molecule has 3 unspecified atom stereocenters. The molecule has 0 amide bonds. The van der Waals surface area contributed by atoms with Crippen LogP contribution in [-0.4, -0.2) is 65.7 Å². The second kappa shape index (κ2) is 25.9. The number of ether oxygens (including phenoxy) is 2. The van der Waals surface area contributed by atoms with Gasteiger partial charge in [-0.3, -0.25) is 18.6 Å². The number of hydrogen-bond donors (Lipinski definition) is 3. The largest absolute Gasteiger partial charge is 0.472 e. The Labute approximate surface area is 235 Å². The number of phosphoric acid groups is 1. The number of unbranched alkanes of at least 4 members (excludes halogenated alkanes) is 16. The number of phosphoric ester groups is 1. The molecule has 0 rings (SSSR count). The maximum atomic E-state index is 12.0. The molecule has 0 saturated heterocycles. The zero-order chi connectivity index (χ0) is 29.2. The number of esters is 2. The van der Waals surface area contributed by atoms with E-state index in [1.807, 2.05) is 0 Å². The molecule has 0 radical (unpaired) electrons. The summed E-state index contributed by atoms with van der Waals surface area (Å²) in [5.74, 6) is -1.19. The minimum absolute atomic E-state index is 0.197. The summed E-state index contributed by atoms with van der Waals surface area (Å²) in [5, 5.41) is 18.5. The highest BCUT2D eigenvalue weighted by atomic mass is 31.2. The fourth-order valence-corrected chi connectivity index (χ4v) is 4.90. The highest BCUT2D eigenvalue weighted by Gasteiger charge is 2.27. The lowest BCUT2D eigenvalue weighted by Gasteiger charge is -2.20. The molecular formula is C28H55O10P. The number of hydrogen-bond acceptors (Lipinski definition) is 9. The summed E-state index contributed by atoms with van der Waals surface area (Å²) in [5.41, 5.74) is 0. The Balaban J connectivity index is 3.73. The van der Waals surface area contributed by atoms with Crippen LogP contribution in [0.15, 0.2) is 0 Å². The average Bonchev–Trinajstić information content (AvgIpc) is 2.90. The number of aliphatic hydroxyl groups is 2. The summed E-state index contributed by atoms with van der Waals surface area (Å²) in [4.78, 5) is 32.6. The topological polar surface area (TPSA) is 149 Å². The molecule has 10 nitrogen and oxygen atoms in total. The summed E-state index contributed by atoms with van der Waals surface area (Å²) in [6.45, 7) is 1.08. The van der Waals surface area contributed by atoms with E-state index in [2.05, 4.69) is 11.4 Å². The Morgan fingerprint density at radius 2 is 1.00 bits per heavy atom. The summed E-state index contributed by atoms with van der Waals surface area (Å²) in [6, 6.07) is 0. The summed E-state index contributed by atoms with van der Waals surface area (Å²) in [7, 11) is -4.57. The van der Waals surface area contributed by atoms with Crippen molar-refractivity contribution in [2.24, 2.45) is 0 Å². The van der Waals surface area contributed by atoms with Gasteiger partial charge in [-0.05, 0) is 6.42 Å². The molecule has 0 aliphatic carbocycles. The first-order valence-electron chi connectivity index (χ1n) is 14.9. The lowest BCUT2D eigenvalue weighted by Crippen LogP contribution is -2.28. The van der Waals surface area contributed by atoms with Gasteiger partial charge in [0.2, 0.25) is 0 Å². The predicted molar refractivity (Wildman–Crippen MR) is 150 cm³/mol. The first-order valence-corrected chi connectivity index (χ1v) is 16.4. The molecule has 0 aromatic carbocycles. The SMILES string of the molecule is CCCCCCCCCCCCCCCCCCCC(=O)OC(CO)COP(=O)(O)OCC(CO)OC(C)=O. The highest BCUT2D eigenvalue weighted by Crippen LogP contribution is 2.43. The minimum atomic E-state index is -4.57. The van der Waals surface area contributed by atoms with Crippen LogP contribution in [0.4, 0.5) is 0 Å². The Hall–Kier alpha value is -1.03. The van der Waals surface area contributed by atoms with Crippen LogP contribution in [0.1, 0.15) is 129 Å². The number of carbonyl (C=O) groups is 2. The molecular weight excluding hydrogens is 527 g/mol. The van der Waals surface area contributed by atoms with Crippen LogP contribution in [0.2, 0.25) is 0 Å². The Kier molecular flexibility index (Phi) is 25.2. The molecule has 0 aromatic rings. The van der Waals surface area contributed by atoms with Gasteiger partial charge in [0.1, 0.15) is 12.2 Å². The zero-order valence-corrected chi connectivity index (χ0v) is 25.3. The molecule has 11 heteroatoms. The van der Waals surface area contributed by atoms with Crippen LogP contribution in [0.3, 0.4) is 0 Å². The average molecular weight is 583 g/mol. The van der Waals surface area contributed by atoms with Gasteiger partial charge >= 0.3 is 19.8 Å². The van der Waals surface area contributed by atoms with Gasteiger partial charge in [-0.25, -0.2) is 4.57 Å². The molecule has 0 heterocycles. The third-order valence-electron chi connectivity index (χ3n) is 6.37. The van der Waals surface area contributed by atoms with Gasteiger partial charge in [0.25, 0.3) is 0 Å². The van der Waals surface area contributed by atoms with E-state index in [0.29, 0.717) is 6.42 Å². The Morgan fingerprint density at radius 3 is 1.36 bits per heavy atom. The predicted octanol–water partition coefficient (Wildman–Crippen LogP) is 5.99. The van der Waals surface area contributed by atoms with Gasteiger partial charge in [-0.1, -0.05) is 110 Å². The van der Waals surface area contributed by atoms with Crippen molar-refractivity contribution >= 4 is 19.8 Å². The molecule has 3 N–H and O–H groups in total. The van der Waals surface area contributed by atoms with Crippen LogP contribution in [-0.2, 0) is 32.7 Å². The zero-order valence-electron chi connectivity index (χ0n) is 24.4. The summed E-state index contributed by atoms with van der Waals surface area (Å²) in [6.07, 6.45) is 19.2. The van der Waals surface area contributed by atoms with E-state index in [-0.39, 0.29) is 6.42 Å². The van der Waals surface area contributed by atoms with Gasteiger partial charge in [-0.2, -0.15) is 0 Å². The van der Waals surface area contributed by atoms with Crippen LogP contribution < -0.4 is 0 Å². The second-order valence-electron chi connectivity index (χ2n) is 10.2. The van der Waals surface area contributed by atoms with Crippen LogP contribution in [0.5, 0.6) is 0 Å². The van der Waals surface area contributed by atoms with Crippen LogP contribution in [0.25, 0.3) is 0 Å². The molecule has 232 valence electrons. The molecule has 0 aromatic heterocycles. The van der Waals surface area contributed by atoms with E-state index in [1.165, 1.54) is 83.5 Å². The smallest absolute Gasteiger partial charge is 0.458 e. The van der Waals surface area contributed by atoms with Crippen molar-refractivity contribution < 1.29 is 47.8 Å². The van der Waals surface area contributed by atoms with Gasteiger partial charge in [-0.15, -0.1) is 0 Å². The first-order chi connectivity index (χ1) is 18.7. The fraction of sp³-hybridized carbons (Fsp3) is 0.929. The second-order valence-corrected chi connectivity index (χ2v) is 11.6. The summed E-state index contributed by atoms with van der Waals surface area (Å²) < 4.78 is 31.2. The molecule has 0 spiro atoms. The van der Waals surface area contributed by atoms with E-state index in [1.54, 1.807) is 0 Å². The molecule has 0 fully saturated rings. The van der Waals surface area contributed by atoms with Crippen LogP contribution >= 0.6 is 7.82 Å². The van der Waals surface area contributed by atoms with Crippen molar-refractivity contribution in [3.05, 3.63) is 0 Å². The van der Waals surface area contributed by atoms with Crippen molar-refractivity contribution in [3.63, 3.8) is 0 Å². The third kappa shape index (κ3) is 25.7. The molecule has 39 heavy (non-hydrogen) atoms. The Morgan fingerprint density at radius 1 is 0.641 bits per heavy atom. The van der Waals surface area contributed by atoms with E-state index < -0.39 is 58.4 Å². The molecule has 3 atom stereocenters. The van der Waals surface area contributed by atoms with Gasteiger partial charge in [0.15, 0.2) is 0 Å². The third-order valence-corrected chi connectivity index (χ3v) is 7.32. The summed E-state index contributed by atoms with van der Waals surface area (Å²) >= 11 is 0. The maximum Gasteiger partial charge on any atom is 0.472 e. The highest BCUT2D eigenvalue weighted by molar-refractivity contribution is 7.47. The van der Waals surface area contributed by atoms with Gasteiger partial charge in [0, 0.05) is 13.3 Å². The van der Waals surface area contributed by atoms with E-state index in [4.69, 9.17) is 19.1 Å². The first kappa shape index (κ1) is 38.0. The van der Waals surface area contributed by atoms with E-state index in [9.17, 15) is 24.2 Å². The number of rotatable bonds is 28. The van der Waals surface area contributed by atoms with Gasteiger partial charge < -0.3 is 24.6 Å². The molecule has 0 aliphatic rings. The Bertz CT molecular complexity index is 646. The lowest BCUT2D eigenvalue weighted by molar-refractivity contribution is -0.153. The van der Waals surface area contributed by atoms with Crippen molar-refractivity contribution in [2.45, 2.75) is 142 Å². The standard InChI is InChI=1S/C28H55O10P/c1-3-4-5-6-7-8-9-10-11-12-13-14-15-16-17-18-19-20-28(32)38-27(22-30)24-36-39(33,34)35-23-26(21-29)37-25(2)31/h26-27,29-30H,3-24H2,1-2H3,(H,33,34). The quantitative estimate of drug-likeness (QED) is 0.0570. The molecule has 0 aliphatic heterocycles. The van der Waals surface area contributed by atoms with Crippen molar-refractivity contribution in [2.75, 3.05) is 26.4 Å². The monoisotopic (exact) mass is 582 g/mol. The number of carbonyl (C=O) groups excluding carboxylic acids is 2. The van der Waals surface area contributed by atoms with Crippen molar-refractivity contribution in [1.29, 1.82) is 0 Å². The van der Waals surface area contributed by atoms with Crippen molar-refractivity contribution in [1.82, 2.24) is 0 Å². The normalized spacial score (nSPS) is 14.5. The molecule has 0 bridgehead atoms. The maximum absolute atomic E-state index is 12.0. The minimum Gasteiger partial charge on any atom is -0.458 e. The van der Waals surface area contributed by atoms with E-state index in [0.717, 1.165) is 26.2 Å². The van der Waals surface area contributed by atoms with E-state index >= 15 is 0 Å². The van der Waals surface area contributed by atoms with Crippen LogP contribution in [0, 0.1) is 0 Å². The van der Waals surface area contributed by atoms with Crippen molar-refractivity contribution in [3.8, 4) is 0 Å². The molecule has 0 saturated carbocycles. The number of aliphatic hydroxyl groups excluding tert-OH is 2. The lowest BCUT2D eigenvalue weighted by atomic mass is 10.0. The van der Waals surface area contributed by atoms with Gasteiger partial charge in [0.05, 0.1) is 26.4 Å².